The van der Waals surface area contributed by atoms with Crippen LogP contribution in [0.25, 0.3) is 0 Å². The number of nitrogens with two attached hydrogens (primary N) is 1. The zero-order chi connectivity index (χ0) is 15.2. The SMILES string of the molecule is CCN(CC)C(=O)c1cc(NC2CCCCC2N)ccn1. The molecule has 5 heteroatoms. The largest absolute Gasteiger partial charge is 0.381 e. The second kappa shape index (κ2) is 7.41. The van der Waals surface area contributed by atoms with Crippen molar-refractivity contribution in [2.45, 2.75) is 51.6 Å². The Hall–Kier alpha value is -1.62. The second-order valence-electron chi connectivity index (χ2n) is 5.61. The van der Waals surface area contributed by atoms with Gasteiger partial charge in [-0.05, 0) is 38.8 Å². The Kier molecular flexibility index (Phi) is 5.56. The minimum absolute atomic E-state index is 0.0170. The van der Waals surface area contributed by atoms with Crippen LogP contribution in [0.4, 0.5) is 5.69 Å². The van der Waals surface area contributed by atoms with Crippen LogP contribution >= 0.6 is 0 Å². The van der Waals surface area contributed by atoms with Gasteiger partial charge in [0.1, 0.15) is 5.69 Å². The van der Waals surface area contributed by atoms with Crippen molar-refractivity contribution >= 4 is 11.6 Å². The molecule has 1 aliphatic carbocycles. The number of aromatic nitrogens is 1. The lowest BCUT2D eigenvalue weighted by Gasteiger charge is -2.30. The van der Waals surface area contributed by atoms with Gasteiger partial charge in [-0.2, -0.15) is 0 Å². The molecule has 0 saturated heterocycles. The van der Waals surface area contributed by atoms with Gasteiger partial charge in [0, 0.05) is 37.1 Å². The predicted molar refractivity (Wildman–Crippen MR) is 85.3 cm³/mol. The molecule has 1 aromatic rings. The van der Waals surface area contributed by atoms with Gasteiger partial charge < -0.3 is 16.0 Å². The highest BCUT2D eigenvalue weighted by Crippen LogP contribution is 2.21. The van der Waals surface area contributed by atoms with E-state index in [0.29, 0.717) is 18.8 Å². The molecular formula is C16H26N4O. The van der Waals surface area contributed by atoms with Gasteiger partial charge in [0.2, 0.25) is 0 Å². The summed E-state index contributed by atoms with van der Waals surface area (Å²) in [5.74, 6) is -0.0170. The van der Waals surface area contributed by atoms with E-state index in [4.69, 9.17) is 5.73 Å². The Bertz CT molecular complexity index is 473. The van der Waals surface area contributed by atoms with Crippen LogP contribution in [0.3, 0.4) is 0 Å². The summed E-state index contributed by atoms with van der Waals surface area (Å²) in [6.07, 6.45) is 6.26. The van der Waals surface area contributed by atoms with Crippen LogP contribution in [0.5, 0.6) is 0 Å². The van der Waals surface area contributed by atoms with Gasteiger partial charge in [0.25, 0.3) is 5.91 Å². The number of pyridine rings is 1. The van der Waals surface area contributed by atoms with Crippen molar-refractivity contribution in [2.75, 3.05) is 18.4 Å². The lowest BCUT2D eigenvalue weighted by molar-refractivity contribution is 0.0767. The first-order valence-electron chi connectivity index (χ1n) is 7.93. The van der Waals surface area contributed by atoms with Gasteiger partial charge in [0.15, 0.2) is 0 Å². The summed E-state index contributed by atoms with van der Waals surface area (Å²) < 4.78 is 0. The van der Waals surface area contributed by atoms with Crippen molar-refractivity contribution in [2.24, 2.45) is 5.73 Å². The minimum atomic E-state index is -0.0170. The smallest absolute Gasteiger partial charge is 0.272 e. The molecule has 0 spiro atoms. The molecule has 1 aliphatic rings. The first kappa shape index (κ1) is 15.8. The predicted octanol–water partition coefficient (Wildman–Crippen LogP) is 2.25. The quantitative estimate of drug-likeness (QED) is 0.872. The monoisotopic (exact) mass is 290 g/mol. The van der Waals surface area contributed by atoms with Gasteiger partial charge in [-0.25, -0.2) is 0 Å². The maximum atomic E-state index is 12.3. The summed E-state index contributed by atoms with van der Waals surface area (Å²) in [6, 6.07) is 4.22. The molecule has 1 saturated carbocycles. The lowest BCUT2D eigenvalue weighted by atomic mass is 9.91. The molecule has 116 valence electrons. The molecule has 0 aromatic carbocycles. The van der Waals surface area contributed by atoms with E-state index < -0.39 is 0 Å². The number of rotatable bonds is 5. The Morgan fingerprint density at radius 1 is 1.38 bits per heavy atom. The maximum absolute atomic E-state index is 12.3. The fourth-order valence-electron chi connectivity index (χ4n) is 2.86. The van der Waals surface area contributed by atoms with Crippen LogP contribution in [0.1, 0.15) is 50.0 Å². The fraction of sp³-hybridized carbons (Fsp3) is 0.625. The zero-order valence-electron chi connectivity index (χ0n) is 13.0. The van der Waals surface area contributed by atoms with Crippen LogP contribution < -0.4 is 11.1 Å². The van der Waals surface area contributed by atoms with E-state index in [9.17, 15) is 4.79 Å². The summed E-state index contributed by atoms with van der Waals surface area (Å²) in [4.78, 5) is 18.3. The number of hydrogen-bond donors (Lipinski definition) is 2. The molecule has 2 atom stereocenters. The van der Waals surface area contributed by atoms with Crippen LogP contribution in [-0.2, 0) is 0 Å². The molecule has 0 bridgehead atoms. The Morgan fingerprint density at radius 3 is 2.76 bits per heavy atom. The normalized spacial score (nSPS) is 21.9. The molecular weight excluding hydrogens is 264 g/mol. The number of anilines is 1. The third-order valence-electron chi connectivity index (χ3n) is 4.20. The van der Waals surface area contributed by atoms with Crippen LogP contribution in [0.15, 0.2) is 18.3 Å². The Morgan fingerprint density at radius 2 is 2.10 bits per heavy atom. The van der Waals surface area contributed by atoms with Crippen LogP contribution in [0.2, 0.25) is 0 Å². The molecule has 3 N–H and O–H groups in total. The molecule has 1 fully saturated rings. The second-order valence-corrected chi connectivity index (χ2v) is 5.61. The van der Waals surface area contributed by atoms with Crippen LogP contribution in [-0.4, -0.2) is 41.0 Å². The molecule has 1 aromatic heterocycles. The highest BCUT2D eigenvalue weighted by molar-refractivity contribution is 5.93. The summed E-state index contributed by atoms with van der Waals surface area (Å²) >= 11 is 0. The molecule has 2 rings (SSSR count). The van der Waals surface area contributed by atoms with Crippen molar-refractivity contribution in [3.8, 4) is 0 Å². The topological polar surface area (TPSA) is 71.2 Å². The van der Waals surface area contributed by atoms with E-state index in [-0.39, 0.29) is 18.0 Å². The van der Waals surface area contributed by atoms with E-state index in [0.717, 1.165) is 18.5 Å². The number of nitrogens with one attached hydrogen (secondary N) is 1. The molecule has 1 amide bonds. The van der Waals surface area contributed by atoms with Crippen molar-refractivity contribution in [3.63, 3.8) is 0 Å². The number of amides is 1. The number of nitrogens with zero attached hydrogens (tertiary/aromatic N) is 2. The summed E-state index contributed by atoms with van der Waals surface area (Å²) in [7, 11) is 0. The van der Waals surface area contributed by atoms with Gasteiger partial charge >= 0.3 is 0 Å². The number of carbonyl (C=O) groups is 1. The summed E-state index contributed by atoms with van der Waals surface area (Å²) in [5.41, 5.74) is 7.59. The zero-order valence-corrected chi connectivity index (χ0v) is 13.0. The number of carbonyl (C=O) groups excluding carboxylic acids is 1. The van der Waals surface area contributed by atoms with Gasteiger partial charge in [-0.1, -0.05) is 12.8 Å². The minimum Gasteiger partial charge on any atom is -0.381 e. The van der Waals surface area contributed by atoms with Gasteiger partial charge in [-0.15, -0.1) is 0 Å². The van der Waals surface area contributed by atoms with E-state index in [2.05, 4.69) is 10.3 Å². The molecule has 21 heavy (non-hydrogen) atoms. The Balaban J connectivity index is 2.08. The van der Waals surface area contributed by atoms with Gasteiger partial charge in [0.05, 0.1) is 0 Å². The average Bonchev–Trinajstić information content (AvgIpc) is 2.51. The van der Waals surface area contributed by atoms with Crippen molar-refractivity contribution in [3.05, 3.63) is 24.0 Å². The maximum Gasteiger partial charge on any atom is 0.272 e. The number of hydrogen-bond acceptors (Lipinski definition) is 4. The van der Waals surface area contributed by atoms with Crippen molar-refractivity contribution in [1.82, 2.24) is 9.88 Å². The molecule has 0 radical (unpaired) electrons. The standard InChI is InChI=1S/C16H26N4O/c1-3-20(4-2)16(21)15-11-12(9-10-18-15)19-14-8-6-5-7-13(14)17/h9-11,13-14H,3-8,17H2,1-2H3,(H,18,19). The third-order valence-corrected chi connectivity index (χ3v) is 4.20. The Labute approximate surface area is 126 Å². The van der Waals surface area contributed by atoms with Gasteiger partial charge in [-0.3, -0.25) is 9.78 Å². The average molecular weight is 290 g/mol. The fourth-order valence-corrected chi connectivity index (χ4v) is 2.86. The van der Waals surface area contributed by atoms with E-state index in [1.165, 1.54) is 12.8 Å². The van der Waals surface area contributed by atoms with Crippen molar-refractivity contribution < 1.29 is 4.79 Å². The lowest BCUT2D eigenvalue weighted by Crippen LogP contribution is -2.42. The highest BCUT2D eigenvalue weighted by atomic mass is 16.2. The van der Waals surface area contributed by atoms with E-state index in [1.807, 2.05) is 26.0 Å². The summed E-state index contributed by atoms with van der Waals surface area (Å²) in [6.45, 7) is 5.35. The first-order valence-corrected chi connectivity index (χ1v) is 7.93. The van der Waals surface area contributed by atoms with Crippen molar-refractivity contribution in [1.29, 1.82) is 0 Å². The van der Waals surface area contributed by atoms with Crippen LogP contribution in [0, 0.1) is 0 Å². The molecule has 1 heterocycles. The highest BCUT2D eigenvalue weighted by Gasteiger charge is 2.22. The first-order chi connectivity index (χ1) is 10.2. The van der Waals surface area contributed by atoms with E-state index >= 15 is 0 Å². The third kappa shape index (κ3) is 3.94. The summed E-state index contributed by atoms with van der Waals surface area (Å²) in [5, 5.41) is 3.47. The molecule has 5 nitrogen and oxygen atoms in total. The molecule has 0 aliphatic heterocycles. The van der Waals surface area contributed by atoms with E-state index in [1.54, 1.807) is 11.1 Å². The molecule has 2 unspecified atom stereocenters.